The van der Waals surface area contributed by atoms with Gasteiger partial charge in [-0.25, -0.2) is 0 Å². The zero-order valence-corrected chi connectivity index (χ0v) is 13.0. The predicted molar refractivity (Wildman–Crippen MR) is 80.9 cm³/mol. The van der Waals surface area contributed by atoms with Gasteiger partial charge >= 0.3 is 0 Å². The van der Waals surface area contributed by atoms with Crippen molar-refractivity contribution in [2.75, 3.05) is 0 Å². The SMILES string of the molecule is OCc1cccc(Br)c1OCc1cc(Cl)ccc1Cl. The van der Waals surface area contributed by atoms with E-state index in [0.29, 0.717) is 21.4 Å². The highest BCUT2D eigenvalue weighted by molar-refractivity contribution is 9.10. The van der Waals surface area contributed by atoms with Crippen molar-refractivity contribution in [1.29, 1.82) is 0 Å². The number of hydrogen-bond acceptors (Lipinski definition) is 2. The first-order chi connectivity index (χ1) is 9.11. The van der Waals surface area contributed by atoms with Gasteiger partial charge in [0.25, 0.3) is 0 Å². The highest BCUT2D eigenvalue weighted by atomic mass is 79.9. The number of para-hydroxylation sites is 1. The second-order valence-electron chi connectivity index (χ2n) is 3.91. The highest BCUT2D eigenvalue weighted by Gasteiger charge is 2.09. The summed E-state index contributed by atoms with van der Waals surface area (Å²) >= 11 is 15.4. The fraction of sp³-hybridized carbons (Fsp3) is 0.143. The Hall–Kier alpha value is -0.740. The van der Waals surface area contributed by atoms with Crippen molar-refractivity contribution in [1.82, 2.24) is 0 Å². The van der Waals surface area contributed by atoms with Gasteiger partial charge < -0.3 is 9.84 Å². The van der Waals surface area contributed by atoms with Gasteiger partial charge in [0.2, 0.25) is 0 Å². The van der Waals surface area contributed by atoms with E-state index >= 15 is 0 Å². The van der Waals surface area contributed by atoms with Crippen LogP contribution in [-0.4, -0.2) is 5.11 Å². The van der Waals surface area contributed by atoms with Crippen LogP contribution in [-0.2, 0) is 13.2 Å². The average Bonchev–Trinajstić information content (AvgIpc) is 2.40. The number of ether oxygens (including phenoxy) is 1. The molecule has 0 aliphatic rings. The number of aliphatic hydroxyl groups is 1. The summed E-state index contributed by atoms with van der Waals surface area (Å²) < 4.78 is 6.52. The zero-order valence-electron chi connectivity index (χ0n) is 9.87. The number of benzene rings is 2. The lowest BCUT2D eigenvalue weighted by molar-refractivity contribution is 0.258. The van der Waals surface area contributed by atoms with Gasteiger partial charge in [-0.05, 0) is 40.2 Å². The van der Waals surface area contributed by atoms with Gasteiger partial charge in [0.05, 0.1) is 11.1 Å². The molecule has 0 saturated carbocycles. The minimum atomic E-state index is -0.0853. The molecule has 0 aliphatic heterocycles. The number of halogens is 3. The van der Waals surface area contributed by atoms with E-state index in [2.05, 4.69) is 15.9 Å². The molecule has 0 saturated heterocycles. The summed E-state index contributed by atoms with van der Waals surface area (Å²) in [4.78, 5) is 0. The van der Waals surface area contributed by atoms with Gasteiger partial charge in [0.1, 0.15) is 12.4 Å². The Bertz CT molecular complexity index is 588. The van der Waals surface area contributed by atoms with Crippen molar-refractivity contribution in [2.24, 2.45) is 0 Å². The van der Waals surface area contributed by atoms with Crippen LogP contribution in [0.4, 0.5) is 0 Å². The van der Waals surface area contributed by atoms with E-state index < -0.39 is 0 Å². The third kappa shape index (κ3) is 3.63. The van der Waals surface area contributed by atoms with Crippen LogP contribution in [0, 0.1) is 0 Å². The Morgan fingerprint density at radius 1 is 1.11 bits per heavy atom. The fourth-order valence-electron chi connectivity index (χ4n) is 1.64. The van der Waals surface area contributed by atoms with E-state index in [1.165, 1.54) is 0 Å². The van der Waals surface area contributed by atoms with Gasteiger partial charge in [0.15, 0.2) is 0 Å². The molecule has 1 N–H and O–H groups in total. The molecule has 0 aromatic heterocycles. The molecule has 0 bridgehead atoms. The van der Waals surface area contributed by atoms with Crippen molar-refractivity contribution >= 4 is 39.1 Å². The highest BCUT2D eigenvalue weighted by Crippen LogP contribution is 2.31. The Labute approximate surface area is 130 Å². The molecular weight excluding hydrogens is 351 g/mol. The minimum absolute atomic E-state index is 0.0853. The molecule has 19 heavy (non-hydrogen) atoms. The molecule has 5 heteroatoms. The predicted octanol–water partition coefficient (Wildman–Crippen LogP) is 4.83. The molecule has 0 spiro atoms. The first kappa shape index (κ1) is 14.7. The first-order valence-electron chi connectivity index (χ1n) is 5.57. The standard InChI is InChI=1S/C14H11BrCl2O2/c15-12-3-1-2-9(7-18)14(12)19-8-10-6-11(16)4-5-13(10)17/h1-6,18H,7-8H2. The van der Waals surface area contributed by atoms with Gasteiger partial charge in [-0.15, -0.1) is 0 Å². The van der Waals surface area contributed by atoms with Crippen LogP contribution in [0.1, 0.15) is 11.1 Å². The topological polar surface area (TPSA) is 29.5 Å². The van der Waals surface area contributed by atoms with Crippen molar-refractivity contribution in [2.45, 2.75) is 13.2 Å². The summed E-state index contributed by atoms with van der Waals surface area (Å²) in [5.74, 6) is 0.612. The van der Waals surface area contributed by atoms with Crippen LogP contribution in [0.3, 0.4) is 0 Å². The molecule has 0 heterocycles. The van der Waals surface area contributed by atoms with Crippen molar-refractivity contribution < 1.29 is 9.84 Å². The minimum Gasteiger partial charge on any atom is -0.487 e. The van der Waals surface area contributed by atoms with Gasteiger partial charge in [0, 0.05) is 21.2 Å². The Balaban J connectivity index is 2.21. The number of hydrogen-bond donors (Lipinski definition) is 1. The molecule has 0 amide bonds. The van der Waals surface area contributed by atoms with Crippen LogP contribution in [0.25, 0.3) is 0 Å². The van der Waals surface area contributed by atoms with E-state index in [4.69, 9.17) is 27.9 Å². The fourth-order valence-corrected chi connectivity index (χ4v) is 2.53. The smallest absolute Gasteiger partial charge is 0.139 e. The van der Waals surface area contributed by atoms with Crippen molar-refractivity contribution in [3.63, 3.8) is 0 Å². The lowest BCUT2D eigenvalue weighted by Gasteiger charge is -2.13. The third-order valence-corrected chi connectivity index (χ3v) is 3.83. The Kier molecular flexibility index (Phi) is 5.11. The van der Waals surface area contributed by atoms with Crippen LogP contribution < -0.4 is 4.74 Å². The quantitative estimate of drug-likeness (QED) is 0.845. The largest absolute Gasteiger partial charge is 0.487 e. The maximum atomic E-state index is 9.29. The molecule has 2 rings (SSSR count). The molecule has 0 aliphatic carbocycles. The van der Waals surface area contributed by atoms with Crippen molar-refractivity contribution in [3.05, 3.63) is 62.0 Å². The molecule has 2 aromatic carbocycles. The summed E-state index contributed by atoms with van der Waals surface area (Å²) in [6.45, 7) is 0.201. The summed E-state index contributed by atoms with van der Waals surface area (Å²) in [5.41, 5.74) is 1.52. The molecule has 0 atom stereocenters. The molecule has 0 fully saturated rings. The number of aliphatic hydroxyl groups excluding tert-OH is 1. The van der Waals surface area contributed by atoms with E-state index in [0.717, 1.165) is 10.0 Å². The van der Waals surface area contributed by atoms with Gasteiger partial charge in [-0.1, -0.05) is 35.3 Å². The maximum Gasteiger partial charge on any atom is 0.139 e. The third-order valence-electron chi connectivity index (χ3n) is 2.60. The second-order valence-corrected chi connectivity index (χ2v) is 5.61. The number of rotatable bonds is 4. The Morgan fingerprint density at radius 2 is 1.89 bits per heavy atom. The normalized spacial score (nSPS) is 10.5. The lowest BCUT2D eigenvalue weighted by Crippen LogP contribution is -2.00. The summed E-state index contributed by atoms with van der Waals surface area (Å²) in [5, 5.41) is 10.5. The maximum absolute atomic E-state index is 9.29. The van der Waals surface area contributed by atoms with E-state index in [9.17, 15) is 5.11 Å². The van der Waals surface area contributed by atoms with Crippen LogP contribution in [0.5, 0.6) is 5.75 Å². The van der Waals surface area contributed by atoms with E-state index in [1.54, 1.807) is 24.3 Å². The molecule has 100 valence electrons. The van der Waals surface area contributed by atoms with Gasteiger partial charge in [-0.3, -0.25) is 0 Å². The van der Waals surface area contributed by atoms with Crippen LogP contribution in [0.2, 0.25) is 10.0 Å². The molecule has 0 radical (unpaired) electrons. The molecule has 0 unspecified atom stereocenters. The lowest BCUT2D eigenvalue weighted by atomic mass is 10.2. The average molecular weight is 362 g/mol. The molecule has 2 aromatic rings. The summed E-state index contributed by atoms with van der Waals surface area (Å²) in [6, 6.07) is 10.7. The molecular formula is C14H11BrCl2O2. The van der Waals surface area contributed by atoms with E-state index in [1.807, 2.05) is 12.1 Å². The monoisotopic (exact) mass is 360 g/mol. The Morgan fingerprint density at radius 3 is 2.63 bits per heavy atom. The molecule has 2 nitrogen and oxygen atoms in total. The van der Waals surface area contributed by atoms with E-state index in [-0.39, 0.29) is 13.2 Å². The second kappa shape index (κ2) is 6.62. The zero-order chi connectivity index (χ0) is 13.8. The van der Waals surface area contributed by atoms with Crippen LogP contribution >= 0.6 is 39.1 Å². The van der Waals surface area contributed by atoms with Gasteiger partial charge in [-0.2, -0.15) is 0 Å². The summed E-state index contributed by atoms with van der Waals surface area (Å²) in [7, 11) is 0. The van der Waals surface area contributed by atoms with Crippen molar-refractivity contribution in [3.8, 4) is 5.75 Å². The summed E-state index contributed by atoms with van der Waals surface area (Å²) in [6.07, 6.45) is 0. The van der Waals surface area contributed by atoms with Crippen LogP contribution in [0.15, 0.2) is 40.9 Å². The first-order valence-corrected chi connectivity index (χ1v) is 7.11.